The van der Waals surface area contributed by atoms with Crippen LogP contribution < -0.4 is 4.74 Å². The van der Waals surface area contributed by atoms with E-state index in [0.717, 1.165) is 50.0 Å². The summed E-state index contributed by atoms with van der Waals surface area (Å²) >= 11 is 1.79. The maximum Gasteiger partial charge on any atom is 0.174 e. The van der Waals surface area contributed by atoms with E-state index in [2.05, 4.69) is 17.5 Å². The van der Waals surface area contributed by atoms with Crippen molar-refractivity contribution >= 4 is 17.1 Å². The van der Waals surface area contributed by atoms with Crippen LogP contribution in [0.1, 0.15) is 51.5 Å². The van der Waals surface area contributed by atoms with Crippen molar-refractivity contribution in [3.05, 3.63) is 51.2 Å². The van der Waals surface area contributed by atoms with Gasteiger partial charge < -0.3 is 4.74 Å². The van der Waals surface area contributed by atoms with E-state index in [-0.39, 0.29) is 11.7 Å². The first-order chi connectivity index (χ1) is 10.3. The molecule has 0 saturated carbocycles. The van der Waals surface area contributed by atoms with Crippen LogP contribution in [0.2, 0.25) is 0 Å². The van der Waals surface area contributed by atoms with Crippen LogP contribution in [0.15, 0.2) is 29.6 Å². The molecule has 1 unspecified atom stereocenters. The zero-order chi connectivity index (χ0) is 14.2. The maximum absolute atomic E-state index is 13.1. The minimum atomic E-state index is 0.0250. The fraction of sp³-hybridized carbons (Fsp3) is 0.389. The molecule has 0 radical (unpaired) electrons. The monoisotopic (exact) mass is 298 g/mol. The third-order valence-corrected chi connectivity index (χ3v) is 5.56. The van der Waals surface area contributed by atoms with E-state index in [1.165, 1.54) is 16.0 Å². The SMILES string of the molecule is O=C(c1cccc2c1OCCC2)C1CCCc2sccc21. The molecule has 2 nitrogen and oxygen atoms in total. The quantitative estimate of drug-likeness (QED) is 0.769. The van der Waals surface area contributed by atoms with E-state index in [1.807, 2.05) is 12.1 Å². The van der Waals surface area contributed by atoms with Gasteiger partial charge in [-0.25, -0.2) is 0 Å². The summed E-state index contributed by atoms with van der Waals surface area (Å²) in [4.78, 5) is 14.5. The number of para-hydroxylation sites is 1. The van der Waals surface area contributed by atoms with Crippen molar-refractivity contribution in [2.45, 2.75) is 38.0 Å². The number of ketones is 1. The lowest BCUT2D eigenvalue weighted by Gasteiger charge is -2.24. The Morgan fingerprint density at radius 1 is 1.19 bits per heavy atom. The minimum Gasteiger partial charge on any atom is -0.493 e. The van der Waals surface area contributed by atoms with Crippen molar-refractivity contribution in [2.75, 3.05) is 6.61 Å². The maximum atomic E-state index is 13.1. The summed E-state index contributed by atoms with van der Waals surface area (Å²) in [6, 6.07) is 8.16. The van der Waals surface area contributed by atoms with Crippen molar-refractivity contribution in [1.82, 2.24) is 0 Å². The first-order valence-electron chi connectivity index (χ1n) is 7.70. The van der Waals surface area contributed by atoms with Crippen molar-refractivity contribution in [3.63, 3.8) is 0 Å². The second-order valence-electron chi connectivity index (χ2n) is 5.85. The summed E-state index contributed by atoms with van der Waals surface area (Å²) < 4.78 is 5.82. The number of carbonyl (C=O) groups excluding carboxylic acids is 1. The van der Waals surface area contributed by atoms with Crippen LogP contribution in [0.4, 0.5) is 0 Å². The number of ether oxygens (including phenoxy) is 1. The second kappa shape index (κ2) is 5.30. The molecular formula is C18H18O2S. The molecular weight excluding hydrogens is 280 g/mol. The fourth-order valence-corrected chi connectivity index (χ4v) is 4.52. The van der Waals surface area contributed by atoms with Gasteiger partial charge in [0, 0.05) is 10.8 Å². The number of hydrogen-bond donors (Lipinski definition) is 0. The molecule has 0 spiro atoms. The lowest BCUT2D eigenvalue weighted by molar-refractivity contribution is 0.0946. The predicted molar refractivity (Wildman–Crippen MR) is 84.6 cm³/mol. The molecule has 1 aromatic carbocycles. The van der Waals surface area contributed by atoms with Crippen LogP contribution in [-0.4, -0.2) is 12.4 Å². The molecule has 1 aromatic heterocycles. The van der Waals surface area contributed by atoms with Gasteiger partial charge in [0.2, 0.25) is 0 Å². The lowest BCUT2D eigenvalue weighted by Crippen LogP contribution is -2.20. The second-order valence-corrected chi connectivity index (χ2v) is 6.85. The fourth-order valence-electron chi connectivity index (χ4n) is 3.53. The number of fused-ring (bicyclic) bond motifs is 2. The van der Waals surface area contributed by atoms with Crippen LogP contribution >= 0.6 is 11.3 Å². The highest BCUT2D eigenvalue weighted by Gasteiger charge is 2.30. The number of rotatable bonds is 2. The standard InChI is InChI=1S/C18H18O2S/c19-17(14-6-2-8-16-13(14)9-11-21-16)15-7-1-4-12-5-3-10-20-18(12)15/h1,4,7,9,11,14H,2-3,5-6,8,10H2. The van der Waals surface area contributed by atoms with Gasteiger partial charge in [0.05, 0.1) is 12.2 Å². The molecule has 2 heterocycles. The van der Waals surface area contributed by atoms with Gasteiger partial charge in [0.25, 0.3) is 0 Å². The van der Waals surface area contributed by atoms with E-state index >= 15 is 0 Å². The molecule has 0 saturated heterocycles. The Kier molecular flexibility index (Phi) is 3.30. The number of thiophene rings is 1. The molecule has 1 aliphatic carbocycles. The summed E-state index contributed by atoms with van der Waals surface area (Å²) in [7, 11) is 0. The van der Waals surface area contributed by atoms with Crippen LogP contribution in [0, 0.1) is 0 Å². The zero-order valence-electron chi connectivity index (χ0n) is 11.9. The molecule has 108 valence electrons. The van der Waals surface area contributed by atoms with E-state index in [9.17, 15) is 4.79 Å². The van der Waals surface area contributed by atoms with Gasteiger partial charge in [-0.3, -0.25) is 4.79 Å². The Balaban J connectivity index is 1.74. The highest BCUT2D eigenvalue weighted by molar-refractivity contribution is 7.10. The Hall–Kier alpha value is -1.61. The third kappa shape index (κ3) is 2.20. The zero-order valence-corrected chi connectivity index (χ0v) is 12.7. The average molecular weight is 298 g/mol. The minimum absolute atomic E-state index is 0.0250. The average Bonchev–Trinajstić information content (AvgIpc) is 3.02. The number of hydrogen-bond acceptors (Lipinski definition) is 3. The normalized spacial score (nSPS) is 20.3. The topological polar surface area (TPSA) is 26.3 Å². The Labute approximate surface area is 128 Å². The number of aryl methyl sites for hydroxylation is 2. The number of benzene rings is 1. The molecule has 0 fully saturated rings. The van der Waals surface area contributed by atoms with E-state index < -0.39 is 0 Å². The smallest absolute Gasteiger partial charge is 0.174 e. The molecule has 4 rings (SSSR count). The molecule has 21 heavy (non-hydrogen) atoms. The molecule has 0 N–H and O–H groups in total. The summed E-state index contributed by atoms with van der Waals surface area (Å²) in [6.45, 7) is 0.728. The van der Waals surface area contributed by atoms with Gasteiger partial charge >= 0.3 is 0 Å². The molecule has 0 amide bonds. The van der Waals surface area contributed by atoms with E-state index in [4.69, 9.17) is 4.74 Å². The van der Waals surface area contributed by atoms with E-state index in [0.29, 0.717) is 0 Å². The summed E-state index contributed by atoms with van der Waals surface area (Å²) in [5.41, 5.74) is 3.23. The summed E-state index contributed by atoms with van der Waals surface area (Å²) in [6.07, 6.45) is 5.26. The molecule has 1 atom stereocenters. The molecule has 0 bridgehead atoms. The van der Waals surface area contributed by atoms with Gasteiger partial charge in [-0.1, -0.05) is 12.1 Å². The van der Waals surface area contributed by atoms with Crippen LogP contribution in [0.3, 0.4) is 0 Å². The highest BCUT2D eigenvalue weighted by Crippen LogP contribution is 2.39. The van der Waals surface area contributed by atoms with Gasteiger partial charge in [0.15, 0.2) is 5.78 Å². The Bertz CT molecular complexity index is 686. The first kappa shape index (κ1) is 13.1. The summed E-state index contributed by atoms with van der Waals surface area (Å²) in [5, 5.41) is 2.12. The lowest BCUT2D eigenvalue weighted by atomic mass is 9.82. The first-order valence-corrected chi connectivity index (χ1v) is 8.58. The van der Waals surface area contributed by atoms with Crippen molar-refractivity contribution in [3.8, 4) is 5.75 Å². The Morgan fingerprint density at radius 3 is 3.10 bits per heavy atom. The van der Waals surface area contributed by atoms with Crippen molar-refractivity contribution < 1.29 is 9.53 Å². The molecule has 1 aliphatic heterocycles. The third-order valence-electron chi connectivity index (χ3n) is 4.57. The molecule has 3 heteroatoms. The largest absolute Gasteiger partial charge is 0.493 e. The van der Waals surface area contributed by atoms with Gasteiger partial charge in [-0.15, -0.1) is 11.3 Å². The summed E-state index contributed by atoms with van der Waals surface area (Å²) in [5.74, 6) is 1.11. The van der Waals surface area contributed by atoms with Gasteiger partial charge in [0.1, 0.15) is 5.75 Å². The van der Waals surface area contributed by atoms with Crippen LogP contribution in [0.25, 0.3) is 0 Å². The van der Waals surface area contributed by atoms with Crippen LogP contribution in [-0.2, 0) is 12.8 Å². The number of Topliss-reactive ketones (excluding diaryl/α,β-unsaturated/α-hetero) is 1. The highest BCUT2D eigenvalue weighted by atomic mass is 32.1. The number of carbonyl (C=O) groups is 1. The van der Waals surface area contributed by atoms with Gasteiger partial charge in [-0.05, 0) is 60.7 Å². The van der Waals surface area contributed by atoms with Crippen molar-refractivity contribution in [1.29, 1.82) is 0 Å². The Morgan fingerprint density at radius 2 is 2.14 bits per heavy atom. The molecule has 2 aromatic rings. The van der Waals surface area contributed by atoms with Crippen molar-refractivity contribution in [2.24, 2.45) is 0 Å². The van der Waals surface area contributed by atoms with Gasteiger partial charge in [-0.2, -0.15) is 0 Å². The van der Waals surface area contributed by atoms with E-state index in [1.54, 1.807) is 11.3 Å². The molecule has 2 aliphatic rings. The van der Waals surface area contributed by atoms with Crippen LogP contribution in [0.5, 0.6) is 5.75 Å². The predicted octanol–water partition coefficient (Wildman–Crippen LogP) is 4.38.